The number of imidazole rings is 2. The van der Waals surface area contributed by atoms with Crippen LogP contribution in [0.1, 0.15) is 136 Å². The van der Waals surface area contributed by atoms with Gasteiger partial charge in [0.2, 0.25) is 11.8 Å². The third kappa shape index (κ3) is 10.7. The van der Waals surface area contributed by atoms with Gasteiger partial charge < -0.3 is 49.3 Å². The highest BCUT2D eigenvalue weighted by molar-refractivity contribution is 5.88. The van der Waals surface area contributed by atoms with Crippen molar-refractivity contribution < 1.29 is 38.1 Å². The van der Waals surface area contributed by atoms with E-state index in [0.29, 0.717) is 24.7 Å². The van der Waals surface area contributed by atoms with Crippen molar-refractivity contribution in [3.63, 3.8) is 0 Å². The summed E-state index contributed by atoms with van der Waals surface area (Å²) in [5.74, 6) is 2.21. The first-order valence-corrected chi connectivity index (χ1v) is 25.8. The number of methoxy groups -OCH3 is 2. The summed E-state index contributed by atoms with van der Waals surface area (Å²) < 4.78 is 22.6. The molecule has 2 aliphatic carbocycles. The van der Waals surface area contributed by atoms with Crippen LogP contribution in [0.3, 0.4) is 0 Å². The lowest BCUT2D eigenvalue weighted by atomic mass is 9.83. The Kier molecular flexibility index (Phi) is 15.0. The molecule has 4 aromatic rings. The minimum absolute atomic E-state index is 0. The van der Waals surface area contributed by atoms with Crippen molar-refractivity contribution in [1.82, 2.24) is 40.4 Å². The zero-order valence-electron chi connectivity index (χ0n) is 41.4. The van der Waals surface area contributed by atoms with Gasteiger partial charge in [-0.2, -0.15) is 0 Å². The smallest absolute Gasteiger partial charge is 0.407 e. The highest BCUT2D eigenvalue weighted by Gasteiger charge is 2.49. The first-order valence-electron chi connectivity index (χ1n) is 25.8. The fourth-order valence-corrected chi connectivity index (χ4v) is 12.2. The van der Waals surface area contributed by atoms with Gasteiger partial charge in [0.15, 0.2) is 0 Å². The van der Waals surface area contributed by atoms with Crippen molar-refractivity contribution >= 4 is 24.0 Å². The van der Waals surface area contributed by atoms with Crippen LogP contribution in [0.5, 0.6) is 0 Å². The van der Waals surface area contributed by atoms with E-state index in [2.05, 4.69) is 96.8 Å². The van der Waals surface area contributed by atoms with E-state index in [1.165, 1.54) is 14.2 Å². The molecule has 12 atom stereocenters. The monoisotopic (exact) mass is 975 g/mol. The molecule has 4 N–H and O–H groups in total. The van der Waals surface area contributed by atoms with Crippen LogP contribution < -0.4 is 10.6 Å². The number of hydrogen-bond donors (Lipinski definition) is 4. The van der Waals surface area contributed by atoms with Crippen molar-refractivity contribution in [2.45, 2.75) is 173 Å². The van der Waals surface area contributed by atoms with Crippen molar-refractivity contribution in [2.24, 2.45) is 23.7 Å². The predicted molar refractivity (Wildman–Crippen MR) is 269 cm³/mol. The summed E-state index contributed by atoms with van der Waals surface area (Å²) in [4.78, 5) is 75.2. The molecule has 0 bridgehead atoms. The van der Waals surface area contributed by atoms with E-state index in [9.17, 15) is 19.2 Å². The number of aromatic nitrogens is 4. The zero-order chi connectivity index (χ0) is 48.8. The van der Waals surface area contributed by atoms with Gasteiger partial charge in [-0.1, -0.05) is 56.0 Å². The van der Waals surface area contributed by atoms with Crippen molar-refractivity contribution in [3.8, 4) is 33.6 Å². The summed E-state index contributed by atoms with van der Waals surface area (Å²) in [5, 5.41) is 5.87. The summed E-state index contributed by atoms with van der Waals surface area (Å²) in [6.07, 6.45) is 13.3. The Morgan fingerprint density at radius 3 is 1.28 bits per heavy atom. The number of carbonyl (C=O) groups excluding carboxylic acids is 4. The fraction of sp³-hybridized carbons (Fsp3) is 0.600. The number of benzene rings is 2. The molecular weight excluding hydrogens is 901 g/mol. The highest BCUT2D eigenvalue weighted by Crippen LogP contribution is 2.45. The Labute approximate surface area is 418 Å². The lowest BCUT2D eigenvalue weighted by Gasteiger charge is -2.40. The predicted octanol–water partition coefficient (Wildman–Crippen LogP) is 9.51. The number of H-pyrrole nitrogens is 2. The third-order valence-corrected chi connectivity index (χ3v) is 16.2. The van der Waals surface area contributed by atoms with Gasteiger partial charge in [0.1, 0.15) is 23.7 Å². The van der Waals surface area contributed by atoms with Gasteiger partial charge >= 0.3 is 12.2 Å². The molecule has 6 fully saturated rings. The molecule has 2 saturated carbocycles. The number of amides is 4. The molecule has 6 heterocycles. The molecule has 4 amide bonds. The quantitative estimate of drug-likeness (QED) is 0.100. The number of rotatable bonds is 13. The number of alkyl carbamates (subject to hydrolysis) is 2. The molecule has 0 radical (unpaired) electrons. The van der Waals surface area contributed by atoms with Crippen molar-refractivity contribution in [2.75, 3.05) is 14.2 Å². The van der Waals surface area contributed by atoms with E-state index < -0.39 is 24.3 Å². The largest absolute Gasteiger partial charge is 0.453 e. The maximum atomic E-state index is 14.6. The molecule has 6 aliphatic rings. The van der Waals surface area contributed by atoms with Crippen LogP contribution >= 0.6 is 0 Å². The van der Waals surface area contributed by atoms with Gasteiger partial charge in [-0.15, -0.1) is 0 Å². The van der Waals surface area contributed by atoms with Crippen LogP contribution in [0.25, 0.3) is 33.6 Å². The second-order valence-electron chi connectivity index (χ2n) is 21.2. The van der Waals surface area contributed by atoms with Crippen LogP contribution in [-0.4, -0.2) is 117 Å². The average molecular weight is 975 g/mol. The lowest BCUT2D eigenvalue weighted by molar-refractivity contribution is -0.142. The number of ether oxygens (including phenoxy) is 4. The normalized spacial score (nSPS) is 29.4. The van der Waals surface area contributed by atoms with Crippen LogP contribution in [0.2, 0.25) is 0 Å². The molecule has 71 heavy (non-hydrogen) atoms. The van der Waals surface area contributed by atoms with Gasteiger partial charge in [-0.05, 0) is 151 Å². The number of hydrogen-bond acceptors (Lipinski definition) is 10. The molecule has 0 spiro atoms. The molecule has 2 aromatic carbocycles. The molecule has 0 unspecified atom stereocenters. The van der Waals surface area contributed by atoms with Crippen molar-refractivity contribution in [1.29, 1.82) is 0 Å². The molecule has 16 heteroatoms. The summed E-state index contributed by atoms with van der Waals surface area (Å²) in [6.45, 7) is 8.27. The maximum Gasteiger partial charge on any atom is 0.407 e. The second-order valence-corrected chi connectivity index (χ2v) is 21.2. The van der Waals surface area contributed by atoms with Gasteiger partial charge in [0, 0.05) is 12.1 Å². The molecule has 4 aliphatic heterocycles. The molecule has 4 saturated heterocycles. The molecule has 382 valence electrons. The van der Waals surface area contributed by atoms with Crippen molar-refractivity contribution in [3.05, 3.63) is 72.6 Å². The Bertz CT molecular complexity index is 2330. The summed E-state index contributed by atoms with van der Waals surface area (Å²) in [7, 11) is 2.67. The second kappa shape index (κ2) is 21.2. The van der Waals surface area contributed by atoms with Gasteiger partial charge in [0.05, 0.1) is 74.5 Å². The van der Waals surface area contributed by atoms with Crippen LogP contribution in [0, 0.1) is 23.7 Å². The standard InChI is InChI=1S/C54H70N8O8.CH4/c1-29-7-21-43(61(29)51(63)47(59-53(65)67-5)39-23-31(3)69-45(25-39)37-17-18-37)49-55-27-41(57-49)35-13-9-33(10-14-35)34-11-15-36(16-12-34)42-28-56-50(58-42)44-22-8-30(2)62(44)52(64)48(60-54(66)68-6)40-24-32(4)70-46(26-40)38-19-20-38;/h9-16,27-32,37-40,43-48H,7-8,17-26H2,1-6H3,(H,55,57)(H,56,58)(H,59,65)(H,60,66);1H4/t29-,30-,31-,32+,39+,40+,43-,44-,45-,46-,47-,48-;/m0./s1. The summed E-state index contributed by atoms with van der Waals surface area (Å²) in [6, 6.07) is 14.7. The first-order chi connectivity index (χ1) is 33.8. The SMILES string of the molecule is C.COC(=O)N[C@H](C(=O)N1[C@@H](C)CC[C@H]1c1ncc(-c2ccc(-c3ccc(-c4cnc([C@@H]5CC[C@H](C)N5C(=O)[C@@H](NC(=O)OC)[C@H]5C[C@@H](C6CC6)O[C@@H](C)C5)[nH]4)cc3)cc2)[nH]1)[C@@H]1C[C@@H](C)O[C@H](C2CC2)C1. The highest BCUT2D eigenvalue weighted by atomic mass is 16.5. The van der Waals surface area contributed by atoms with Gasteiger partial charge in [-0.25, -0.2) is 19.6 Å². The van der Waals surface area contributed by atoms with Crippen LogP contribution in [0.4, 0.5) is 9.59 Å². The number of nitrogens with zero attached hydrogens (tertiary/aromatic N) is 4. The zero-order valence-corrected chi connectivity index (χ0v) is 41.4. The number of carbonyl (C=O) groups is 4. The van der Waals surface area contributed by atoms with Gasteiger partial charge in [0.25, 0.3) is 0 Å². The number of aromatic amines is 2. The van der Waals surface area contributed by atoms with E-state index >= 15 is 0 Å². The van der Waals surface area contributed by atoms with Gasteiger partial charge in [-0.3, -0.25) is 9.59 Å². The lowest BCUT2D eigenvalue weighted by Crippen LogP contribution is -2.55. The third-order valence-electron chi connectivity index (χ3n) is 16.2. The fourth-order valence-electron chi connectivity index (χ4n) is 12.2. The molecule has 2 aromatic heterocycles. The van der Waals surface area contributed by atoms with E-state index in [-0.39, 0.29) is 79.7 Å². The minimum Gasteiger partial charge on any atom is -0.453 e. The minimum atomic E-state index is -0.719. The molecular formula is C55H74N8O8. The van der Waals surface area contributed by atoms with Crippen LogP contribution in [-0.2, 0) is 28.5 Å². The Hall–Kier alpha value is -5.74. The summed E-state index contributed by atoms with van der Waals surface area (Å²) >= 11 is 0. The van der Waals surface area contributed by atoms with Crippen LogP contribution in [0.15, 0.2) is 60.9 Å². The Morgan fingerprint density at radius 1 is 0.563 bits per heavy atom. The van der Waals surface area contributed by atoms with E-state index in [0.717, 1.165) is 109 Å². The Balaban J connectivity index is 0.00000624. The van der Waals surface area contributed by atoms with E-state index in [4.69, 9.17) is 28.9 Å². The maximum absolute atomic E-state index is 14.6. The molecule has 16 nitrogen and oxygen atoms in total. The topological polar surface area (TPSA) is 193 Å². The average Bonchev–Trinajstić information content (AvgIpc) is 4.21. The number of likely N-dealkylation sites (tertiary alicyclic amines) is 2. The molecule has 10 rings (SSSR count). The number of nitrogens with one attached hydrogen (secondary N) is 4. The first kappa shape index (κ1) is 50.2. The summed E-state index contributed by atoms with van der Waals surface area (Å²) in [5.41, 5.74) is 5.80. The Morgan fingerprint density at radius 2 is 0.930 bits per heavy atom. The van der Waals surface area contributed by atoms with E-state index in [1.54, 1.807) is 0 Å². The van der Waals surface area contributed by atoms with E-state index in [1.807, 2.05) is 22.2 Å².